The molecule has 7 heteroatoms. The molecule has 3 aromatic rings. The van der Waals surface area contributed by atoms with Crippen LogP contribution in [0.1, 0.15) is 35.0 Å². The summed E-state index contributed by atoms with van der Waals surface area (Å²) in [4.78, 5) is 25.3. The van der Waals surface area contributed by atoms with E-state index < -0.39 is 11.6 Å². The molecule has 0 fully saturated rings. The van der Waals surface area contributed by atoms with Gasteiger partial charge in [-0.25, -0.2) is 4.39 Å². The summed E-state index contributed by atoms with van der Waals surface area (Å²) in [6, 6.07) is 8.73. The molecule has 1 heterocycles. The molecule has 0 aliphatic rings. The van der Waals surface area contributed by atoms with E-state index in [4.69, 9.17) is 11.6 Å². The highest BCUT2D eigenvalue weighted by Gasteiger charge is 2.23. The first-order chi connectivity index (χ1) is 13.3. The third kappa shape index (κ3) is 3.73. The van der Waals surface area contributed by atoms with E-state index in [1.54, 1.807) is 31.2 Å². The largest absolute Gasteiger partial charge is 0.505 e. The van der Waals surface area contributed by atoms with E-state index in [0.717, 1.165) is 12.5 Å². The highest BCUT2D eigenvalue weighted by atomic mass is 35.5. The molecule has 0 spiro atoms. The van der Waals surface area contributed by atoms with E-state index in [1.807, 2.05) is 6.92 Å². The second-order valence-electron chi connectivity index (χ2n) is 6.56. The Kier molecular flexibility index (Phi) is 5.70. The molecule has 146 valence electrons. The number of phenolic OH excluding ortho intramolecular Hbond substituents is 1. The van der Waals surface area contributed by atoms with Crippen molar-refractivity contribution in [3.05, 3.63) is 64.1 Å². The number of rotatable bonds is 5. The van der Waals surface area contributed by atoms with Crippen molar-refractivity contribution < 1.29 is 19.1 Å². The van der Waals surface area contributed by atoms with E-state index in [0.29, 0.717) is 39.3 Å². The number of amides is 1. The van der Waals surface area contributed by atoms with Crippen molar-refractivity contribution in [1.82, 2.24) is 9.88 Å². The molecule has 0 saturated heterocycles. The van der Waals surface area contributed by atoms with Gasteiger partial charge in [-0.1, -0.05) is 18.5 Å². The summed E-state index contributed by atoms with van der Waals surface area (Å²) in [5, 5.41) is 13.6. The number of hydrogen-bond donors (Lipinski definition) is 2. The average Bonchev–Trinajstić information content (AvgIpc) is 2.91. The molecule has 0 bridgehead atoms. The van der Waals surface area contributed by atoms with Crippen LogP contribution in [0, 0.1) is 12.7 Å². The zero-order valence-electron chi connectivity index (χ0n) is 15.6. The number of carbonyl (C=O) groups is 2. The molecular formula is C21H20ClFN2O3. The van der Waals surface area contributed by atoms with Crippen molar-refractivity contribution in [1.29, 1.82) is 0 Å². The van der Waals surface area contributed by atoms with Crippen LogP contribution in [-0.4, -0.2) is 28.0 Å². The lowest BCUT2D eigenvalue weighted by Gasteiger charge is -2.08. The van der Waals surface area contributed by atoms with Gasteiger partial charge in [0.2, 0.25) is 5.91 Å². The van der Waals surface area contributed by atoms with Crippen molar-refractivity contribution in [2.45, 2.75) is 26.7 Å². The number of aromatic hydroxyl groups is 1. The number of carbonyl (C=O) groups excluding carboxylic acids is 2. The van der Waals surface area contributed by atoms with Gasteiger partial charge in [0, 0.05) is 34.3 Å². The van der Waals surface area contributed by atoms with Gasteiger partial charge in [0.05, 0.1) is 11.9 Å². The summed E-state index contributed by atoms with van der Waals surface area (Å²) >= 11 is 5.89. The average molecular weight is 403 g/mol. The summed E-state index contributed by atoms with van der Waals surface area (Å²) in [6.45, 7) is 4.19. The van der Waals surface area contributed by atoms with E-state index in [-0.39, 0.29) is 18.2 Å². The lowest BCUT2D eigenvalue weighted by atomic mass is 10.1. The van der Waals surface area contributed by atoms with Crippen molar-refractivity contribution in [2.24, 2.45) is 0 Å². The van der Waals surface area contributed by atoms with E-state index in [9.17, 15) is 19.1 Å². The fourth-order valence-electron chi connectivity index (χ4n) is 3.18. The van der Waals surface area contributed by atoms with Crippen LogP contribution < -0.4 is 5.32 Å². The predicted octanol–water partition coefficient (Wildman–Crippen LogP) is 4.21. The molecule has 2 N–H and O–H groups in total. The molecule has 0 unspecified atom stereocenters. The Labute approximate surface area is 166 Å². The number of aromatic nitrogens is 1. The second kappa shape index (κ2) is 8.02. The van der Waals surface area contributed by atoms with Crippen LogP contribution in [-0.2, 0) is 11.2 Å². The zero-order valence-corrected chi connectivity index (χ0v) is 16.3. The fourth-order valence-corrected chi connectivity index (χ4v) is 3.31. The Balaban J connectivity index is 2.15. The first kappa shape index (κ1) is 19.9. The SMILES string of the molecule is CCCNC(=O)Cc1c(C)n(C(=O)c2ccc(Cl)cc2)c2cc(F)c(O)cc12. The van der Waals surface area contributed by atoms with Gasteiger partial charge in [0.15, 0.2) is 11.6 Å². The van der Waals surface area contributed by atoms with Gasteiger partial charge >= 0.3 is 0 Å². The van der Waals surface area contributed by atoms with Gasteiger partial charge in [-0.05, 0) is 49.2 Å². The first-order valence-electron chi connectivity index (χ1n) is 8.92. The highest BCUT2D eigenvalue weighted by molar-refractivity contribution is 6.30. The summed E-state index contributed by atoms with van der Waals surface area (Å²) in [7, 11) is 0. The molecule has 0 radical (unpaired) electrons. The predicted molar refractivity (Wildman–Crippen MR) is 106 cm³/mol. The van der Waals surface area contributed by atoms with E-state index in [2.05, 4.69) is 5.32 Å². The highest BCUT2D eigenvalue weighted by Crippen LogP contribution is 2.32. The van der Waals surface area contributed by atoms with Crippen molar-refractivity contribution in [3.8, 4) is 5.75 Å². The molecule has 0 atom stereocenters. The molecular weight excluding hydrogens is 383 g/mol. The van der Waals surface area contributed by atoms with Gasteiger partial charge in [-0.15, -0.1) is 0 Å². The van der Waals surface area contributed by atoms with Crippen LogP contribution >= 0.6 is 11.6 Å². The van der Waals surface area contributed by atoms with Crippen LogP contribution in [0.4, 0.5) is 4.39 Å². The number of nitrogens with one attached hydrogen (secondary N) is 1. The Morgan fingerprint density at radius 2 is 1.89 bits per heavy atom. The number of hydrogen-bond acceptors (Lipinski definition) is 3. The number of benzene rings is 2. The fraction of sp³-hybridized carbons (Fsp3) is 0.238. The minimum absolute atomic E-state index is 0.0221. The van der Waals surface area contributed by atoms with Crippen molar-refractivity contribution in [2.75, 3.05) is 6.54 Å². The third-order valence-electron chi connectivity index (χ3n) is 4.61. The molecule has 3 rings (SSSR count). The first-order valence-corrected chi connectivity index (χ1v) is 9.30. The molecule has 0 aliphatic carbocycles. The lowest BCUT2D eigenvalue weighted by Crippen LogP contribution is -2.26. The van der Waals surface area contributed by atoms with Crippen LogP contribution in [0.3, 0.4) is 0 Å². The maximum Gasteiger partial charge on any atom is 0.262 e. The monoisotopic (exact) mass is 402 g/mol. The third-order valence-corrected chi connectivity index (χ3v) is 4.86. The van der Waals surface area contributed by atoms with Gasteiger partial charge in [0.25, 0.3) is 5.91 Å². The summed E-state index contributed by atoms with van der Waals surface area (Å²) in [5.41, 5.74) is 1.76. The number of nitrogens with zero attached hydrogens (tertiary/aromatic N) is 1. The maximum atomic E-state index is 14.0. The summed E-state index contributed by atoms with van der Waals surface area (Å²) in [6.07, 6.45) is 0.821. The molecule has 28 heavy (non-hydrogen) atoms. The quantitative estimate of drug-likeness (QED) is 0.671. The van der Waals surface area contributed by atoms with Crippen LogP contribution in [0.15, 0.2) is 36.4 Å². The zero-order chi connectivity index (χ0) is 20.4. The molecule has 5 nitrogen and oxygen atoms in total. The van der Waals surface area contributed by atoms with Gasteiger partial charge in [0.1, 0.15) is 0 Å². The second-order valence-corrected chi connectivity index (χ2v) is 7.00. The van der Waals surface area contributed by atoms with Crippen LogP contribution in [0.2, 0.25) is 5.02 Å². The maximum absolute atomic E-state index is 14.0. The molecule has 0 aliphatic heterocycles. The Bertz CT molecular complexity index is 1060. The Morgan fingerprint density at radius 1 is 1.21 bits per heavy atom. The Hall–Kier alpha value is -2.86. The number of halogens is 2. The van der Waals surface area contributed by atoms with Gasteiger partial charge in [-0.3, -0.25) is 14.2 Å². The minimum Gasteiger partial charge on any atom is -0.505 e. The van der Waals surface area contributed by atoms with Crippen molar-refractivity contribution >= 4 is 34.3 Å². The van der Waals surface area contributed by atoms with E-state index in [1.165, 1.54) is 10.6 Å². The van der Waals surface area contributed by atoms with Crippen LogP contribution in [0.25, 0.3) is 10.9 Å². The summed E-state index contributed by atoms with van der Waals surface area (Å²) < 4.78 is 15.4. The van der Waals surface area contributed by atoms with E-state index >= 15 is 0 Å². The minimum atomic E-state index is -0.836. The topological polar surface area (TPSA) is 71.3 Å². The lowest BCUT2D eigenvalue weighted by molar-refractivity contribution is -0.120. The molecule has 1 amide bonds. The van der Waals surface area contributed by atoms with Gasteiger partial charge in [-0.2, -0.15) is 0 Å². The molecule has 1 aromatic heterocycles. The Morgan fingerprint density at radius 3 is 2.54 bits per heavy atom. The normalized spacial score (nSPS) is 11.0. The molecule has 0 saturated carbocycles. The molecule has 2 aromatic carbocycles. The summed E-state index contributed by atoms with van der Waals surface area (Å²) in [5.74, 6) is -1.94. The number of phenols is 1. The standard InChI is InChI=1S/C21H20ClFN2O3/c1-3-8-24-20(27)10-15-12(2)25(18-11-17(23)19(26)9-16(15)18)21(28)13-4-6-14(22)7-5-13/h4-7,9,11,26H,3,8,10H2,1-2H3,(H,24,27). The number of fused-ring (bicyclic) bond motifs is 1. The van der Waals surface area contributed by atoms with Gasteiger partial charge < -0.3 is 10.4 Å². The smallest absolute Gasteiger partial charge is 0.262 e. The van der Waals surface area contributed by atoms with Crippen LogP contribution in [0.5, 0.6) is 5.75 Å². The van der Waals surface area contributed by atoms with Crippen molar-refractivity contribution in [3.63, 3.8) is 0 Å².